The summed E-state index contributed by atoms with van der Waals surface area (Å²) in [7, 11) is 0. The summed E-state index contributed by atoms with van der Waals surface area (Å²) < 4.78 is 20.7. The maximum Gasteiger partial charge on any atom is 0.319 e. The molecule has 0 spiro atoms. The first kappa shape index (κ1) is 29.7. The van der Waals surface area contributed by atoms with Crippen molar-refractivity contribution >= 4 is 34.6 Å². The van der Waals surface area contributed by atoms with Gasteiger partial charge in [0.05, 0.1) is 6.33 Å². The number of nitrogens with one attached hydrogen (secondary N) is 2. The summed E-state index contributed by atoms with van der Waals surface area (Å²) in [6.07, 6.45) is 1.63. The van der Waals surface area contributed by atoms with Crippen LogP contribution >= 0.6 is 0 Å². The summed E-state index contributed by atoms with van der Waals surface area (Å²) in [4.78, 5) is 39.4. The molecule has 3 amide bonds. The van der Waals surface area contributed by atoms with E-state index in [0.29, 0.717) is 37.2 Å². The first-order valence-electron chi connectivity index (χ1n) is 14.2. The van der Waals surface area contributed by atoms with E-state index in [1.165, 1.54) is 18.8 Å². The molecule has 2 fully saturated rings. The highest BCUT2D eigenvalue weighted by molar-refractivity contribution is 5.89. The van der Waals surface area contributed by atoms with E-state index in [4.69, 9.17) is 19.9 Å². The van der Waals surface area contributed by atoms with Gasteiger partial charge in [0, 0.05) is 32.2 Å². The topological polar surface area (TPSA) is 159 Å². The van der Waals surface area contributed by atoms with Crippen LogP contribution in [0.15, 0.2) is 36.9 Å². The second-order valence-electron chi connectivity index (χ2n) is 12.2. The largest absolute Gasteiger partial charge is 0.382 e. The van der Waals surface area contributed by atoms with Crippen LogP contribution in [-0.4, -0.2) is 80.1 Å². The first-order valence-corrected chi connectivity index (χ1v) is 14.2. The van der Waals surface area contributed by atoms with E-state index in [9.17, 15) is 9.59 Å². The summed E-state index contributed by atoms with van der Waals surface area (Å²) in [5.41, 5.74) is 8.93. The maximum absolute atomic E-state index is 12.6. The number of nitrogen functional groups attached to an aromatic ring is 1. The van der Waals surface area contributed by atoms with Crippen LogP contribution in [0.1, 0.15) is 59.8 Å². The summed E-state index contributed by atoms with van der Waals surface area (Å²) in [6.45, 7) is 12.8. The quantitative estimate of drug-likeness (QED) is 0.340. The monoisotopic (exact) mass is 580 g/mol. The Morgan fingerprint density at radius 1 is 1.10 bits per heavy atom. The number of imidazole rings is 1. The SMILES string of the molecule is CC(=O)N(CCCNC(=O)Nc1ccc(C(C)(C)C)cc1)CC1OC(n2cnc3c(N)ncnc32)C2OC(C)(C)OC12. The van der Waals surface area contributed by atoms with Gasteiger partial charge in [-0.2, -0.15) is 0 Å². The van der Waals surface area contributed by atoms with Crippen molar-refractivity contribution in [1.29, 1.82) is 0 Å². The molecule has 5 rings (SSSR count). The van der Waals surface area contributed by atoms with Gasteiger partial charge in [-0.1, -0.05) is 32.9 Å². The first-order chi connectivity index (χ1) is 19.8. The average molecular weight is 581 g/mol. The third kappa shape index (κ3) is 6.32. The Hall–Kier alpha value is -3.81. The lowest BCUT2D eigenvalue weighted by atomic mass is 9.87. The zero-order chi connectivity index (χ0) is 30.2. The fourth-order valence-corrected chi connectivity index (χ4v) is 5.38. The number of hydrogen-bond donors (Lipinski definition) is 3. The zero-order valence-electron chi connectivity index (χ0n) is 25.0. The van der Waals surface area contributed by atoms with E-state index in [-0.39, 0.29) is 23.2 Å². The van der Waals surface area contributed by atoms with Gasteiger partial charge in [-0.05, 0) is 43.4 Å². The van der Waals surface area contributed by atoms with Gasteiger partial charge in [-0.15, -0.1) is 0 Å². The molecule has 3 aromatic rings. The number of benzene rings is 1. The van der Waals surface area contributed by atoms with Crippen LogP contribution in [0.5, 0.6) is 0 Å². The molecule has 2 aliphatic rings. The van der Waals surface area contributed by atoms with Crippen LogP contribution in [0.3, 0.4) is 0 Å². The highest BCUT2D eigenvalue weighted by atomic mass is 16.8. The molecule has 4 heterocycles. The van der Waals surface area contributed by atoms with Gasteiger partial charge < -0.3 is 35.5 Å². The Kier molecular flexibility index (Phi) is 8.10. The molecule has 2 aromatic heterocycles. The second-order valence-corrected chi connectivity index (χ2v) is 12.2. The van der Waals surface area contributed by atoms with E-state index in [1.807, 2.05) is 38.1 Å². The molecule has 1 aromatic carbocycles. The number of nitrogens with zero attached hydrogens (tertiary/aromatic N) is 5. The number of aromatic nitrogens is 4. The average Bonchev–Trinajstić information content (AvgIpc) is 3.57. The number of carbonyl (C=O) groups excluding carboxylic acids is 2. The van der Waals surface area contributed by atoms with E-state index in [2.05, 4.69) is 46.4 Å². The smallest absolute Gasteiger partial charge is 0.319 e. The van der Waals surface area contributed by atoms with E-state index < -0.39 is 30.3 Å². The highest BCUT2D eigenvalue weighted by Gasteiger charge is 2.56. The molecule has 2 aliphatic heterocycles. The lowest BCUT2D eigenvalue weighted by molar-refractivity contribution is -0.198. The number of carbonyl (C=O) groups is 2. The van der Waals surface area contributed by atoms with Crippen LogP contribution in [0.4, 0.5) is 16.3 Å². The van der Waals surface area contributed by atoms with E-state index >= 15 is 0 Å². The zero-order valence-corrected chi connectivity index (χ0v) is 25.0. The van der Waals surface area contributed by atoms with Gasteiger partial charge >= 0.3 is 6.03 Å². The number of anilines is 2. The van der Waals surface area contributed by atoms with Crippen LogP contribution in [0, 0.1) is 0 Å². The number of amides is 3. The molecule has 0 saturated carbocycles. The Morgan fingerprint density at radius 3 is 2.50 bits per heavy atom. The molecule has 42 heavy (non-hydrogen) atoms. The number of fused-ring (bicyclic) bond motifs is 2. The van der Waals surface area contributed by atoms with Gasteiger partial charge in [0.25, 0.3) is 0 Å². The molecule has 4 atom stereocenters. The molecule has 226 valence electrons. The van der Waals surface area contributed by atoms with Gasteiger partial charge in [0.1, 0.15) is 30.2 Å². The van der Waals surface area contributed by atoms with Gasteiger partial charge in [0.2, 0.25) is 5.91 Å². The summed E-state index contributed by atoms with van der Waals surface area (Å²) in [6, 6.07) is 7.51. The summed E-state index contributed by atoms with van der Waals surface area (Å²) in [5.74, 6) is -0.656. The molecule has 13 heteroatoms. The fraction of sp³-hybridized carbons (Fsp3) is 0.552. The second kappa shape index (κ2) is 11.5. The number of hydrogen-bond acceptors (Lipinski definition) is 9. The number of rotatable bonds is 8. The summed E-state index contributed by atoms with van der Waals surface area (Å²) in [5, 5.41) is 5.71. The third-order valence-electron chi connectivity index (χ3n) is 7.53. The molecule has 0 bridgehead atoms. The molecule has 2 saturated heterocycles. The maximum atomic E-state index is 12.6. The minimum Gasteiger partial charge on any atom is -0.382 e. The van der Waals surface area contributed by atoms with E-state index in [1.54, 1.807) is 15.8 Å². The Labute approximate surface area is 245 Å². The van der Waals surface area contributed by atoms with Crippen LogP contribution < -0.4 is 16.4 Å². The minimum atomic E-state index is -0.828. The highest BCUT2D eigenvalue weighted by Crippen LogP contribution is 2.44. The lowest BCUT2D eigenvalue weighted by Gasteiger charge is -2.28. The molecular formula is C29H40N8O5. The molecule has 4 N–H and O–H groups in total. The van der Waals surface area contributed by atoms with Crippen molar-refractivity contribution in [3.05, 3.63) is 42.5 Å². The molecule has 13 nitrogen and oxygen atoms in total. The predicted octanol–water partition coefficient (Wildman–Crippen LogP) is 3.18. The number of urea groups is 1. The van der Waals surface area contributed by atoms with Crippen molar-refractivity contribution < 1.29 is 23.8 Å². The molecule has 0 radical (unpaired) electrons. The van der Waals surface area contributed by atoms with E-state index in [0.717, 1.165) is 5.69 Å². The van der Waals surface area contributed by atoms with Gasteiger partial charge in [-0.25, -0.2) is 19.7 Å². The van der Waals surface area contributed by atoms with Crippen molar-refractivity contribution in [2.75, 3.05) is 30.7 Å². The third-order valence-corrected chi connectivity index (χ3v) is 7.53. The van der Waals surface area contributed by atoms with Crippen molar-refractivity contribution in [2.24, 2.45) is 0 Å². The van der Waals surface area contributed by atoms with Crippen LogP contribution in [-0.2, 0) is 24.4 Å². The van der Waals surface area contributed by atoms with Crippen LogP contribution in [0.2, 0.25) is 0 Å². The Bertz CT molecular complexity index is 1430. The molecule has 4 unspecified atom stereocenters. The minimum absolute atomic E-state index is 0.0409. The number of ether oxygens (including phenoxy) is 3. The Balaban J connectivity index is 1.18. The molecule has 0 aliphatic carbocycles. The van der Waals surface area contributed by atoms with Crippen molar-refractivity contribution in [1.82, 2.24) is 29.7 Å². The van der Waals surface area contributed by atoms with Crippen LogP contribution in [0.25, 0.3) is 11.2 Å². The lowest BCUT2D eigenvalue weighted by Crippen LogP contribution is -2.43. The predicted molar refractivity (Wildman–Crippen MR) is 157 cm³/mol. The normalized spacial score (nSPS) is 23.1. The van der Waals surface area contributed by atoms with Crippen molar-refractivity contribution in [3.8, 4) is 0 Å². The van der Waals surface area contributed by atoms with Gasteiger partial charge in [0.15, 0.2) is 23.5 Å². The summed E-state index contributed by atoms with van der Waals surface area (Å²) >= 11 is 0. The number of nitrogens with two attached hydrogens (primary N) is 1. The van der Waals surface area contributed by atoms with Crippen molar-refractivity contribution in [2.45, 2.75) is 83.7 Å². The fourth-order valence-electron chi connectivity index (χ4n) is 5.38. The molecular weight excluding hydrogens is 540 g/mol. The standard InChI is InChI=1S/C29H40N8O5/c1-17(38)36(13-7-12-31-27(39)35-19-10-8-18(9-11-19)28(2,3)4)14-20-22-23(42-29(5,6)41-22)26(40-20)37-16-34-21-24(30)32-15-33-25(21)37/h8-11,15-16,20,22-23,26H,7,12-14H2,1-6H3,(H2,30,32,33)(H2,31,35,39). The van der Waals surface area contributed by atoms with Crippen molar-refractivity contribution in [3.63, 3.8) is 0 Å². The van der Waals surface area contributed by atoms with Gasteiger partial charge in [-0.3, -0.25) is 9.36 Å². The Morgan fingerprint density at radius 2 is 1.81 bits per heavy atom.